The third-order valence-electron chi connectivity index (χ3n) is 4.38. The number of benzene rings is 2. The van der Waals surface area contributed by atoms with Gasteiger partial charge in [-0.3, -0.25) is 9.79 Å². The maximum atomic E-state index is 10.9. The van der Waals surface area contributed by atoms with Gasteiger partial charge in [-0.1, -0.05) is 30.3 Å². The SMILES string of the molecule is CN=C(NCc1cccc(OCC(N)=O)c1)N(C)Cc1cnn(-c2ccccc2)c1.I. The van der Waals surface area contributed by atoms with Gasteiger partial charge in [0.25, 0.3) is 5.91 Å². The summed E-state index contributed by atoms with van der Waals surface area (Å²) >= 11 is 0. The number of amides is 1. The molecule has 0 bridgehead atoms. The van der Waals surface area contributed by atoms with E-state index in [2.05, 4.69) is 15.4 Å². The molecule has 2 aromatic carbocycles. The summed E-state index contributed by atoms with van der Waals surface area (Å²) in [6.45, 7) is 1.08. The Balaban J connectivity index is 0.00000341. The standard InChI is InChI=1S/C22H26N6O2.HI/c1-24-22(25-12-17-7-6-10-20(11-17)30-16-21(23)29)27(2)14-18-13-26-28(15-18)19-8-4-3-5-9-19;/h3-11,13,15H,12,14,16H2,1-2H3,(H2,23,29)(H,24,25);1H. The van der Waals surface area contributed by atoms with E-state index in [1.165, 1.54) is 0 Å². The van der Waals surface area contributed by atoms with Gasteiger partial charge in [0.15, 0.2) is 12.6 Å². The zero-order valence-corrected chi connectivity index (χ0v) is 19.9. The minimum atomic E-state index is -0.504. The number of aromatic nitrogens is 2. The number of nitrogens with two attached hydrogens (primary N) is 1. The van der Waals surface area contributed by atoms with Crippen molar-refractivity contribution in [3.63, 3.8) is 0 Å². The van der Waals surface area contributed by atoms with E-state index in [0.717, 1.165) is 22.8 Å². The van der Waals surface area contributed by atoms with Crippen LogP contribution in [-0.4, -0.2) is 47.2 Å². The number of nitrogens with one attached hydrogen (secondary N) is 1. The summed E-state index contributed by atoms with van der Waals surface area (Å²) in [5.74, 6) is 0.854. The zero-order valence-electron chi connectivity index (χ0n) is 17.6. The van der Waals surface area contributed by atoms with Gasteiger partial charge in [-0.2, -0.15) is 5.10 Å². The highest BCUT2D eigenvalue weighted by Crippen LogP contribution is 2.13. The molecule has 1 aromatic heterocycles. The summed E-state index contributed by atoms with van der Waals surface area (Å²) in [6, 6.07) is 17.5. The third kappa shape index (κ3) is 7.28. The van der Waals surface area contributed by atoms with Crippen LogP contribution in [0.25, 0.3) is 5.69 Å². The summed E-state index contributed by atoms with van der Waals surface area (Å²) in [7, 11) is 3.72. The number of hydrogen-bond donors (Lipinski definition) is 2. The molecule has 1 heterocycles. The van der Waals surface area contributed by atoms with E-state index < -0.39 is 5.91 Å². The predicted octanol–water partition coefficient (Wildman–Crippen LogP) is 2.56. The lowest BCUT2D eigenvalue weighted by atomic mass is 10.2. The van der Waals surface area contributed by atoms with Gasteiger partial charge in [-0.05, 0) is 29.8 Å². The molecule has 1 amide bonds. The molecule has 0 aliphatic heterocycles. The Morgan fingerprint density at radius 2 is 1.97 bits per heavy atom. The van der Waals surface area contributed by atoms with Crippen molar-refractivity contribution in [1.82, 2.24) is 20.0 Å². The van der Waals surface area contributed by atoms with Crippen molar-refractivity contribution in [3.8, 4) is 11.4 Å². The summed E-state index contributed by atoms with van der Waals surface area (Å²) in [6.07, 6.45) is 3.87. The molecule has 3 aromatic rings. The first-order chi connectivity index (χ1) is 14.5. The van der Waals surface area contributed by atoms with Crippen molar-refractivity contribution in [3.05, 3.63) is 78.1 Å². The van der Waals surface area contributed by atoms with Gasteiger partial charge in [-0.15, -0.1) is 24.0 Å². The van der Waals surface area contributed by atoms with Gasteiger partial charge in [0, 0.05) is 38.9 Å². The number of aliphatic imine (C=N–C) groups is 1. The molecule has 3 rings (SSSR count). The number of ether oxygens (including phenoxy) is 1. The van der Waals surface area contributed by atoms with Crippen LogP contribution < -0.4 is 15.8 Å². The maximum absolute atomic E-state index is 10.9. The highest BCUT2D eigenvalue weighted by molar-refractivity contribution is 14.0. The number of hydrogen-bond acceptors (Lipinski definition) is 4. The first-order valence-electron chi connectivity index (χ1n) is 9.56. The second-order valence-corrected chi connectivity index (χ2v) is 6.79. The molecule has 3 N–H and O–H groups in total. The Morgan fingerprint density at radius 3 is 2.68 bits per heavy atom. The fourth-order valence-electron chi connectivity index (χ4n) is 2.98. The van der Waals surface area contributed by atoms with Crippen molar-refractivity contribution in [1.29, 1.82) is 0 Å². The number of halogens is 1. The molecule has 31 heavy (non-hydrogen) atoms. The van der Waals surface area contributed by atoms with Crippen LogP contribution in [-0.2, 0) is 17.9 Å². The average Bonchev–Trinajstić information content (AvgIpc) is 3.22. The Morgan fingerprint density at radius 1 is 1.19 bits per heavy atom. The molecule has 9 heteroatoms. The Hall–Kier alpha value is -3.08. The topological polar surface area (TPSA) is 97.8 Å². The van der Waals surface area contributed by atoms with E-state index in [4.69, 9.17) is 10.5 Å². The largest absolute Gasteiger partial charge is 0.484 e. The van der Waals surface area contributed by atoms with Crippen LogP contribution in [0.1, 0.15) is 11.1 Å². The van der Waals surface area contributed by atoms with Crippen molar-refractivity contribution < 1.29 is 9.53 Å². The lowest BCUT2D eigenvalue weighted by Gasteiger charge is -2.21. The molecule has 0 saturated carbocycles. The van der Waals surface area contributed by atoms with Crippen LogP contribution in [0, 0.1) is 0 Å². The van der Waals surface area contributed by atoms with Gasteiger partial charge >= 0.3 is 0 Å². The zero-order chi connectivity index (χ0) is 21.3. The summed E-state index contributed by atoms with van der Waals surface area (Å²) in [5.41, 5.74) is 8.22. The molecular formula is C22H27IN6O2. The molecule has 8 nitrogen and oxygen atoms in total. The number of primary amides is 1. The number of para-hydroxylation sites is 1. The quantitative estimate of drug-likeness (QED) is 0.263. The summed E-state index contributed by atoms with van der Waals surface area (Å²) in [5, 5.41) is 7.78. The van der Waals surface area contributed by atoms with Crippen molar-refractivity contribution in [2.45, 2.75) is 13.1 Å². The van der Waals surface area contributed by atoms with Crippen LogP contribution in [0.4, 0.5) is 0 Å². The number of carbonyl (C=O) groups excluding carboxylic acids is 1. The molecule has 0 atom stereocenters. The van der Waals surface area contributed by atoms with Crippen molar-refractivity contribution in [2.75, 3.05) is 20.7 Å². The lowest BCUT2D eigenvalue weighted by Crippen LogP contribution is -2.37. The van der Waals surface area contributed by atoms with Crippen molar-refractivity contribution in [2.24, 2.45) is 10.7 Å². The second kappa shape index (κ2) is 11.9. The monoisotopic (exact) mass is 534 g/mol. The van der Waals surface area contributed by atoms with Gasteiger partial charge in [0.05, 0.1) is 11.9 Å². The fourth-order valence-corrected chi connectivity index (χ4v) is 2.98. The highest BCUT2D eigenvalue weighted by Gasteiger charge is 2.09. The molecule has 0 fully saturated rings. The number of rotatable bonds is 8. The Bertz CT molecular complexity index is 1010. The molecule has 0 spiro atoms. The van der Waals surface area contributed by atoms with Crippen LogP contribution in [0.3, 0.4) is 0 Å². The summed E-state index contributed by atoms with van der Waals surface area (Å²) in [4.78, 5) is 17.3. The van der Waals surface area contributed by atoms with E-state index in [1.807, 2.05) is 77.6 Å². The molecular weight excluding hydrogens is 507 g/mol. The minimum absolute atomic E-state index is 0. The van der Waals surface area contributed by atoms with E-state index in [-0.39, 0.29) is 30.6 Å². The predicted molar refractivity (Wildman–Crippen MR) is 132 cm³/mol. The van der Waals surface area contributed by atoms with Gasteiger partial charge < -0.3 is 20.7 Å². The fraction of sp³-hybridized carbons (Fsp3) is 0.227. The molecule has 164 valence electrons. The molecule has 0 unspecified atom stereocenters. The molecule has 0 saturated heterocycles. The van der Waals surface area contributed by atoms with E-state index >= 15 is 0 Å². The molecule has 0 aliphatic carbocycles. The smallest absolute Gasteiger partial charge is 0.255 e. The van der Waals surface area contributed by atoms with Crippen LogP contribution in [0.15, 0.2) is 72.0 Å². The van der Waals surface area contributed by atoms with E-state index in [1.54, 1.807) is 13.1 Å². The number of guanidine groups is 1. The first kappa shape index (κ1) is 24.2. The van der Waals surface area contributed by atoms with Gasteiger partial charge in [0.2, 0.25) is 0 Å². The van der Waals surface area contributed by atoms with Gasteiger partial charge in [0.1, 0.15) is 5.75 Å². The third-order valence-corrected chi connectivity index (χ3v) is 4.38. The number of carbonyl (C=O) groups is 1. The van der Waals surface area contributed by atoms with Crippen LogP contribution in [0.2, 0.25) is 0 Å². The molecule has 0 radical (unpaired) electrons. The normalized spacial score (nSPS) is 10.8. The second-order valence-electron chi connectivity index (χ2n) is 6.79. The van der Waals surface area contributed by atoms with Gasteiger partial charge in [-0.25, -0.2) is 4.68 Å². The Kier molecular flexibility index (Phi) is 9.32. The lowest BCUT2D eigenvalue weighted by molar-refractivity contribution is -0.119. The first-order valence-corrected chi connectivity index (χ1v) is 9.56. The van der Waals surface area contributed by atoms with Crippen LogP contribution in [0.5, 0.6) is 5.75 Å². The van der Waals surface area contributed by atoms with E-state index in [9.17, 15) is 4.79 Å². The molecule has 0 aliphatic rings. The maximum Gasteiger partial charge on any atom is 0.255 e. The Labute approximate surface area is 199 Å². The van der Waals surface area contributed by atoms with Crippen LogP contribution >= 0.6 is 24.0 Å². The highest BCUT2D eigenvalue weighted by atomic mass is 127. The average molecular weight is 534 g/mol. The summed E-state index contributed by atoms with van der Waals surface area (Å²) < 4.78 is 7.21. The van der Waals surface area contributed by atoms with Crippen molar-refractivity contribution >= 4 is 35.8 Å². The van der Waals surface area contributed by atoms with E-state index in [0.29, 0.717) is 18.8 Å². The number of nitrogens with zero attached hydrogens (tertiary/aromatic N) is 4. The minimum Gasteiger partial charge on any atom is -0.484 e.